The first-order chi connectivity index (χ1) is 17.5. The Morgan fingerprint density at radius 1 is 0.778 bits per heavy atom. The van der Waals surface area contributed by atoms with E-state index < -0.39 is 12.4 Å². The summed E-state index contributed by atoms with van der Waals surface area (Å²) in [5.41, 5.74) is 0. The van der Waals surface area contributed by atoms with Gasteiger partial charge in [-0.05, 0) is 38.5 Å². The summed E-state index contributed by atoms with van der Waals surface area (Å²) in [6.07, 6.45) is 7.14. The van der Waals surface area contributed by atoms with Crippen LogP contribution in [0.4, 0.5) is 4.79 Å². The van der Waals surface area contributed by atoms with Gasteiger partial charge in [0.05, 0.1) is 38.5 Å². The molecule has 36 heavy (non-hydrogen) atoms. The van der Waals surface area contributed by atoms with Gasteiger partial charge in [0.25, 0.3) is 0 Å². The standard InChI is InChI=1S/C25H42N2O8S/c28-19(7-1-2-10-22-24-21(18-36-22)26-25(32)27-24)8-3-5-11-33-13-15-35-16-14-34-12-6-4-9-20(29)17-23(30)31/h21-22,24H,1-18H2,(H,30,31)(H2,26,27,32)/t21?,22-,24?/m0/s1. The summed E-state index contributed by atoms with van der Waals surface area (Å²) in [6.45, 7) is 3.09. The van der Waals surface area contributed by atoms with Crippen molar-refractivity contribution in [3.63, 3.8) is 0 Å². The predicted octanol–water partition coefficient (Wildman–Crippen LogP) is 2.72. The number of amides is 2. The van der Waals surface area contributed by atoms with Crippen molar-refractivity contribution in [2.45, 2.75) is 88.0 Å². The summed E-state index contributed by atoms with van der Waals surface area (Å²) in [6, 6.07) is 0.450. The quantitative estimate of drug-likeness (QED) is 0.103. The number of hydrogen-bond acceptors (Lipinski definition) is 8. The van der Waals surface area contributed by atoms with Crippen molar-refractivity contribution in [1.82, 2.24) is 10.6 Å². The molecule has 10 nitrogen and oxygen atoms in total. The highest BCUT2D eigenvalue weighted by atomic mass is 32.2. The Hall–Kier alpha value is -1.69. The van der Waals surface area contributed by atoms with Gasteiger partial charge in [-0.15, -0.1) is 0 Å². The zero-order valence-electron chi connectivity index (χ0n) is 21.2. The smallest absolute Gasteiger partial charge is 0.315 e. The zero-order valence-corrected chi connectivity index (χ0v) is 22.0. The first-order valence-electron chi connectivity index (χ1n) is 13.1. The number of hydrogen-bond donors (Lipinski definition) is 3. The fourth-order valence-electron chi connectivity index (χ4n) is 4.29. The van der Waals surface area contributed by atoms with E-state index in [-0.39, 0.29) is 30.3 Å². The van der Waals surface area contributed by atoms with Gasteiger partial charge in [0, 0.05) is 43.5 Å². The van der Waals surface area contributed by atoms with Gasteiger partial charge in [0.1, 0.15) is 18.0 Å². The number of nitrogens with one attached hydrogen (secondary N) is 2. The number of ketones is 2. The van der Waals surface area contributed by atoms with Gasteiger partial charge in [-0.25, -0.2) is 4.79 Å². The van der Waals surface area contributed by atoms with Crippen LogP contribution in [0.2, 0.25) is 0 Å². The molecule has 3 N–H and O–H groups in total. The van der Waals surface area contributed by atoms with Gasteiger partial charge in [-0.2, -0.15) is 11.8 Å². The molecule has 0 spiro atoms. The first kappa shape index (κ1) is 30.5. The minimum atomic E-state index is -1.08. The lowest BCUT2D eigenvalue weighted by molar-refractivity contribution is -0.140. The molecule has 2 unspecified atom stereocenters. The van der Waals surface area contributed by atoms with Gasteiger partial charge < -0.3 is 30.0 Å². The van der Waals surface area contributed by atoms with Gasteiger partial charge >= 0.3 is 12.0 Å². The third kappa shape index (κ3) is 13.6. The molecule has 2 heterocycles. The molecule has 0 saturated carbocycles. The molecule has 0 aromatic heterocycles. The Morgan fingerprint density at radius 3 is 1.94 bits per heavy atom. The second-order valence-corrected chi connectivity index (χ2v) is 10.5. The topological polar surface area (TPSA) is 140 Å². The molecule has 2 rings (SSSR count). The van der Waals surface area contributed by atoms with Crippen LogP contribution in [0.5, 0.6) is 0 Å². The summed E-state index contributed by atoms with van der Waals surface area (Å²) in [7, 11) is 0. The normalized spacial score (nSPS) is 20.7. The number of ether oxygens (including phenoxy) is 3. The molecule has 3 atom stereocenters. The number of aliphatic carboxylic acids is 1. The highest BCUT2D eigenvalue weighted by Gasteiger charge is 2.42. The molecule has 2 aliphatic rings. The van der Waals surface area contributed by atoms with Crippen molar-refractivity contribution in [2.24, 2.45) is 0 Å². The molecule has 0 aromatic rings. The van der Waals surface area contributed by atoms with Crippen LogP contribution in [0.25, 0.3) is 0 Å². The maximum Gasteiger partial charge on any atom is 0.315 e. The number of carboxylic acid groups (broad SMARTS) is 1. The van der Waals surface area contributed by atoms with Gasteiger partial charge in [-0.3, -0.25) is 14.4 Å². The Morgan fingerprint density at radius 2 is 1.33 bits per heavy atom. The molecule has 2 aliphatic heterocycles. The van der Waals surface area contributed by atoms with Gasteiger partial charge in [-0.1, -0.05) is 6.42 Å². The lowest BCUT2D eigenvalue weighted by atomic mass is 10.0. The molecule has 0 radical (unpaired) electrons. The molecular formula is C25H42N2O8S. The van der Waals surface area contributed by atoms with E-state index in [4.69, 9.17) is 19.3 Å². The van der Waals surface area contributed by atoms with E-state index in [0.717, 1.165) is 44.3 Å². The van der Waals surface area contributed by atoms with Crippen LogP contribution >= 0.6 is 11.8 Å². The summed E-state index contributed by atoms with van der Waals surface area (Å²) < 4.78 is 16.4. The Balaban J connectivity index is 1.27. The second kappa shape index (κ2) is 18.5. The largest absolute Gasteiger partial charge is 0.481 e. The molecule has 0 bridgehead atoms. The van der Waals surface area contributed by atoms with Crippen molar-refractivity contribution in [3.05, 3.63) is 0 Å². The average Bonchev–Trinajstić information content (AvgIpc) is 3.38. The van der Waals surface area contributed by atoms with Crippen molar-refractivity contribution >= 4 is 35.3 Å². The van der Waals surface area contributed by atoms with Crippen LogP contribution in [0.1, 0.15) is 70.6 Å². The lowest BCUT2D eigenvalue weighted by Gasteiger charge is -2.16. The molecular weight excluding hydrogens is 488 g/mol. The molecule has 0 aromatic carbocycles. The van der Waals surface area contributed by atoms with E-state index >= 15 is 0 Å². The van der Waals surface area contributed by atoms with Crippen molar-refractivity contribution in [3.8, 4) is 0 Å². The number of thioether (sulfide) groups is 1. The maximum atomic E-state index is 12.1. The van der Waals surface area contributed by atoms with E-state index in [1.54, 1.807) is 0 Å². The number of carbonyl (C=O) groups excluding carboxylic acids is 3. The number of unbranched alkanes of at least 4 members (excludes halogenated alkanes) is 3. The number of rotatable bonds is 23. The number of urea groups is 1. The number of Topliss-reactive ketones (excluding diaryl/α,β-unsaturated/α-hetero) is 2. The zero-order chi connectivity index (χ0) is 26.0. The monoisotopic (exact) mass is 530 g/mol. The second-order valence-electron chi connectivity index (χ2n) is 9.27. The molecule has 2 saturated heterocycles. The SMILES string of the molecule is O=C(O)CC(=O)CCCCOCCOCCOCCCCC(=O)CCCC[C@@H]1SCC2NC(=O)NC21. The van der Waals surface area contributed by atoms with E-state index in [2.05, 4.69) is 10.6 Å². The highest BCUT2D eigenvalue weighted by molar-refractivity contribution is 8.00. The van der Waals surface area contributed by atoms with Crippen LogP contribution in [0.3, 0.4) is 0 Å². The number of carboxylic acids is 1. The fraction of sp³-hybridized carbons (Fsp3) is 0.840. The predicted molar refractivity (Wildman–Crippen MR) is 136 cm³/mol. The minimum absolute atomic E-state index is 0.0521. The first-order valence-corrected chi connectivity index (χ1v) is 14.2. The molecule has 2 fully saturated rings. The number of carbonyl (C=O) groups is 4. The summed E-state index contributed by atoms with van der Waals surface area (Å²) in [5.74, 6) is -0.0401. The fourth-order valence-corrected chi connectivity index (χ4v) is 5.83. The Labute approximate surface area is 217 Å². The lowest BCUT2D eigenvalue weighted by Crippen LogP contribution is -2.36. The Bertz CT molecular complexity index is 693. The van der Waals surface area contributed by atoms with Crippen molar-refractivity contribution in [2.75, 3.05) is 45.4 Å². The summed E-state index contributed by atoms with van der Waals surface area (Å²) in [5, 5.41) is 14.9. The Kier molecular flexibility index (Phi) is 15.7. The highest BCUT2D eigenvalue weighted by Crippen LogP contribution is 2.33. The van der Waals surface area contributed by atoms with Crippen LogP contribution in [0, 0.1) is 0 Å². The minimum Gasteiger partial charge on any atom is -0.481 e. The van der Waals surface area contributed by atoms with Gasteiger partial charge in [0.2, 0.25) is 0 Å². The van der Waals surface area contributed by atoms with Crippen LogP contribution < -0.4 is 10.6 Å². The van der Waals surface area contributed by atoms with Crippen molar-refractivity contribution < 1.29 is 38.5 Å². The number of fused-ring (bicyclic) bond motifs is 1. The molecule has 2 amide bonds. The average molecular weight is 531 g/mol. The van der Waals surface area contributed by atoms with Gasteiger partial charge in [0.15, 0.2) is 0 Å². The van der Waals surface area contributed by atoms with E-state index in [1.165, 1.54) is 0 Å². The van der Waals surface area contributed by atoms with E-state index in [9.17, 15) is 19.2 Å². The maximum absolute atomic E-state index is 12.1. The van der Waals surface area contributed by atoms with Crippen LogP contribution in [0.15, 0.2) is 0 Å². The summed E-state index contributed by atoms with van der Waals surface area (Å²) in [4.78, 5) is 45.1. The van der Waals surface area contributed by atoms with Crippen molar-refractivity contribution in [1.29, 1.82) is 0 Å². The van der Waals surface area contributed by atoms with E-state index in [0.29, 0.717) is 69.9 Å². The third-order valence-corrected chi connectivity index (χ3v) is 7.72. The molecule has 206 valence electrons. The molecule has 11 heteroatoms. The molecule has 0 aliphatic carbocycles. The van der Waals surface area contributed by atoms with Crippen LogP contribution in [-0.2, 0) is 28.6 Å². The summed E-state index contributed by atoms with van der Waals surface area (Å²) >= 11 is 1.91. The van der Waals surface area contributed by atoms with E-state index in [1.807, 2.05) is 11.8 Å². The third-order valence-electron chi connectivity index (χ3n) is 6.21. The van der Waals surface area contributed by atoms with Crippen LogP contribution in [-0.4, -0.2) is 91.4 Å².